The Morgan fingerprint density at radius 2 is 1.67 bits per heavy atom. The van der Waals surface area contributed by atoms with Crippen LogP contribution >= 0.6 is 0 Å². The van der Waals surface area contributed by atoms with E-state index in [0.29, 0.717) is 11.0 Å². The first-order valence-corrected chi connectivity index (χ1v) is 5.48. The highest BCUT2D eigenvalue weighted by Gasteiger charge is 2.14. The Kier molecular flexibility index (Phi) is 4.13. The standard InChI is InChI=1S/C13H11BF3O/c15-5-10-3-9(13-8-18-2-1-14-13)4-11(6-16)12(10)7-17/h1-4,8H,5-7H2. The van der Waals surface area contributed by atoms with E-state index >= 15 is 0 Å². The van der Waals surface area contributed by atoms with Gasteiger partial charge in [0, 0.05) is 0 Å². The van der Waals surface area contributed by atoms with Crippen LogP contribution in [0.5, 0.6) is 0 Å². The molecule has 5 heteroatoms. The van der Waals surface area contributed by atoms with E-state index in [0.717, 1.165) is 0 Å². The van der Waals surface area contributed by atoms with Gasteiger partial charge in [-0.15, -0.1) is 0 Å². The molecule has 2 rings (SSSR count). The van der Waals surface area contributed by atoms with E-state index in [1.54, 1.807) is 13.3 Å². The van der Waals surface area contributed by atoms with Crippen LogP contribution in [0.2, 0.25) is 0 Å². The summed E-state index contributed by atoms with van der Waals surface area (Å²) in [4.78, 5) is 0. The molecule has 1 aliphatic rings. The number of benzene rings is 1. The Bertz CT molecular complexity index is 472. The predicted octanol–water partition coefficient (Wildman–Crippen LogP) is 3.60. The molecular weight excluding hydrogens is 240 g/mol. The Labute approximate surface area is 104 Å². The quantitative estimate of drug-likeness (QED) is 0.743. The summed E-state index contributed by atoms with van der Waals surface area (Å²) in [6.07, 6.45) is 2.97. The molecule has 0 unspecified atom stereocenters. The number of ether oxygens (including phenoxy) is 1. The van der Waals surface area contributed by atoms with Crippen molar-refractivity contribution >= 4 is 12.8 Å². The van der Waals surface area contributed by atoms with Gasteiger partial charge in [0.15, 0.2) is 7.28 Å². The lowest BCUT2D eigenvalue weighted by Gasteiger charge is -2.14. The number of rotatable bonds is 4. The second kappa shape index (κ2) is 5.80. The molecule has 0 bridgehead atoms. The number of halogens is 3. The molecule has 1 aromatic carbocycles. The van der Waals surface area contributed by atoms with Crippen molar-refractivity contribution in [3.8, 4) is 0 Å². The van der Waals surface area contributed by atoms with Gasteiger partial charge >= 0.3 is 0 Å². The van der Waals surface area contributed by atoms with Crippen molar-refractivity contribution in [2.75, 3.05) is 0 Å². The molecule has 18 heavy (non-hydrogen) atoms. The Hall–Kier alpha value is -1.65. The van der Waals surface area contributed by atoms with Gasteiger partial charge in [-0.1, -0.05) is 5.98 Å². The van der Waals surface area contributed by atoms with Gasteiger partial charge in [-0.25, -0.2) is 13.2 Å². The first-order valence-electron chi connectivity index (χ1n) is 5.48. The van der Waals surface area contributed by atoms with Gasteiger partial charge in [0.05, 0.1) is 12.5 Å². The summed E-state index contributed by atoms with van der Waals surface area (Å²) in [7, 11) is 1.76. The Morgan fingerprint density at radius 1 is 1.00 bits per heavy atom. The highest BCUT2D eigenvalue weighted by molar-refractivity contribution is 6.65. The maximum atomic E-state index is 12.9. The van der Waals surface area contributed by atoms with E-state index in [4.69, 9.17) is 4.74 Å². The third-order valence-corrected chi connectivity index (χ3v) is 2.82. The zero-order valence-electron chi connectivity index (χ0n) is 9.63. The second-order valence-corrected chi connectivity index (χ2v) is 3.88. The largest absolute Gasteiger partial charge is 0.474 e. The predicted molar refractivity (Wildman–Crippen MR) is 64.8 cm³/mol. The van der Waals surface area contributed by atoms with E-state index in [1.165, 1.54) is 24.7 Å². The van der Waals surface area contributed by atoms with Crippen molar-refractivity contribution in [3.05, 3.63) is 52.9 Å². The van der Waals surface area contributed by atoms with Crippen LogP contribution in [0.1, 0.15) is 22.3 Å². The Morgan fingerprint density at radius 3 is 2.11 bits per heavy atom. The normalized spacial score (nSPS) is 13.8. The van der Waals surface area contributed by atoms with Crippen LogP contribution in [-0.4, -0.2) is 7.28 Å². The van der Waals surface area contributed by atoms with Crippen LogP contribution in [0.25, 0.3) is 5.47 Å². The summed E-state index contributed by atoms with van der Waals surface area (Å²) in [6.45, 7) is -2.49. The van der Waals surface area contributed by atoms with E-state index < -0.39 is 20.0 Å². The van der Waals surface area contributed by atoms with Crippen LogP contribution in [0.15, 0.2) is 30.6 Å². The minimum absolute atomic E-state index is 0.108. The summed E-state index contributed by atoms with van der Waals surface area (Å²) in [5.74, 6) is 1.68. The third kappa shape index (κ3) is 2.45. The molecule has 1 aromatic rings. The molecule has 0 atom stereocenters. The molecule has 93 valence electrons. The smallest absolute Gasteiger partial charge is 0.190 e. The van der Waals surface area contributed by atoms with Gasteiger partial charge < -0.3 is 4.74 Å². The molecule has 0 spiro atoms. The molecule has 1 aliphatic heterocycles. The van der Waals surface area contributed by atoms with Crippen LogP contribution in [-0.2, 0) is 24.8 Å². The fraction of sp³-hybridized carbons (Fsp3) is 0.231. The topological polar surface area (TPSA) is 9.23 Å². The summed E-state index contributed by atoms with van der Waals surface area (Å²) >= 11 is 0. The molecule has 0 saturated carbocycles. The fourth-order valence-electron chi connectivity index (χ4n) is 1.88. The van der Waals surface area contributed by atoms with Crippen molar-refractivity contribution in [2.45, 2.75) is 20.0 Å². The van der Waals surface area contributed by atoms with Gasteiger partial charge in [-0.05, 0) is 39.9 Å². The average Bonchev–Trinajstić information content (AvgIpc) is 2.46. The maximum Gasteiger partial charge on any atom is 0.190 e. The summed E-state index contributed by atoms with van der Waals surface area (Å²) in [6, 6.07) is 3.05. The first kappa shape index (κ1) is 12.8. The number of alkyl halides is 3. The molecule has 0 aromatic heterocycles. The van der Waals surface area contributed by atoms with Gasteiger partial charge in [-0.2, -0.15) is 0 Å². The summed E-state index contributed by atoms with van der Waals surface area (Å²) in [5.41, 5.74) is 1.80. The third-order valence-electron chi connectivity index (χ3n) is 2.82. The number of hydrogen-bond donors (Lipinski definition) is 0. The average molecular weight is 251 g/mol. The van der Waals surface area contributed by atoms with Crippen molar-refractivity contribution in [1.29, 1.82) is 0 Å². The number of hydrogen-bond acceptors (Lipinski definition) is 1. The van der Waals surface area contributed by atoms with Crippen LogP contribution in [0, 0.1) is 0 Å². The Balaban J connectivity index is 2.46. The van der Waals surface area contributed by atoms with Crippen LogP contribution < -0.4 is 0 Å². The molecule has 0 saturated heterocycles. The molecular formula is C13H11BF3O. The van der Waals surface area contributed by atoms with Gasteiger partial charge in [-0.3, -0.25) is 0 Å². The van der Waals surface area contributed by atoms with Crippen LogP contribution in [0.4, 0.5) is 13.2 Å². The second-order valence-electron chi connectivity index (χ2n) is 3.88. The van der Waals surface area contributed by atoms with Gasteiger partial charge in [0.2, 0.25) is 0 Å². The maximum absolute atomic E-state index is 12.9. The van der Waals surface area contributed by atoms with E-state index in [1.807, 2.05) is 0 Å². The van der Waals surface area contributed by atoms with E-state index in [2.05, 4.69) is 0 Å². The lowest BCUT2D eigenvalue weighted by Crippen LogP contribution is -2.03. The molecule has 0 N–H and O–H groups in total. The zero-order chi connectivity index (χ0) is 13.0. The zero-order valence-corrected chi connectivity index (χ0v) is 9.63. The molecule has 0 aliphatic carbocycles. The van der Waals surface area contributed by atoms with Crippen molar-refractivity contribution in [3.63, 3.8) is 0 Å². The molecule has 1 radical (unpaired) electrons. The van der Waals surface area contributed by atoms with Crippen molar-refractivity contribution in [1.82, 2.24) is 0 Å². The minimum atomic E-state index is -0.863. The lowest BCUT2D eigenvalue weighted by molar-refractivity contribution is 0.404. The minimum Gasteiger partial charge on any atom is -0.474 e. The summed E-state index contributed by atoms with van der Waals surface area (Å²) < 4.78 is 43.6. The van der Waals surface area contributed by atoms with Gasteiger partial charge in [0.1, 0.15) is 20.0 Å². The first-order chi connectivity index (χ1) is 8.80. The SMILES string of the molecule is FCc1cc(C2=COC=C[B]2)cc(CF)c1CF. The van der Waals surface area contributed by atoms with Crippen LogP contribution in [0.3, 0.4) is 0 Å². The van der Waals surface area contributed by atoms with Gasteiger partial charge in [0.25, 0.3) is 0 Å². The molecule has 0 fully saturated rings. The molecule has 1 heterocycles. The van der Waals surface area contributed by atoms with E-state index in [-0.39, 0.29) is 16.7 Å². The van der Waals surface area contributed by atoms with E-state index in [9.17, 15) is 13.2 Å². The molecule has 0 amide bonds. The highest BCUT2D eigenvalue weighted by atomic mass is 19.1. The highest BCUT2D eigenvalue weighted by Crippen LogP contribution is 2.26. The van der Waals surface area contributed by atoms with Crippen molar-refractivity contribution in [2.24, 2.45) is 0 Å². The monoisotopic (exact) mass is 251 g/mol. The fourth-order valence-corrected chi connectivity index (χ4v) is 1.88. The molecule has 1 nitrogen and oxygen atoms in total. The lowest BCUT2D eigenvalue weighted by atomic mass is 9.66. The summed E-state index contributed by atoms with van der Waals surface area (Å²) in [5, 5.41) is 0. The van der Waals surface area contributed by atoms with Crippen molar-refractivity contribution < 1.29 is 17.9 Å².